The zero-order chi connectivity index (χ0) is 22.1. The second kappa shape index (κ2) is 8.56. The topological polar surface area (TPSA) is 81.0 Å². The van der Waals surface area contributed by atoms with Crippen LogP contribution in [0.25, 0.3) is 10.2 Å². The van der Waals surface area contributed by atoms with Crippen LogP contribution in [-0.2, 0) is 20.9 Å². The molecule has 4 rings (SSSR count). The number of hydrogen-bond acceptors (Lipinski definition) is 5. The number of imide groups is 1. The Hall–Kier alpha value is -3.10. The van der Waals surface area contributed by atoms with Gasteiger partial charge in [-0.15, -0.1) is 0 Å². The summed E-state index contributed by atoms with van der Waals surface area (Å²) >= 11 is 1.46. The Morgan fingerprint density at radius 1 is 1.13 bits per heavy atom. The number of rotatable bonds is 5. The van der Waals surface area contributed by atoms with Crippen LogP contribution in [-0.4, -0.2) is 36.0 Å². The molecule has 1 aliphatic heterocycles. The maximum atomic E-state index is 13.0. The molecule has 31 heavy (non-hydrogen) atoms. The lowest BCUT2D eigenvalue weighted by Gasteiger charge is -2.14. The van der Waals surface area contributed by atoms with Crippen LogP contribution < -0.4 is 9.70 Å². The molecule has 0 saturated carbocycles. The van der Waals surface area contributed by atoms with E-state index in [1.54, 1.807) is 31.4 Å². The molecular weight excluding hydrogens is 414 g/mol. The van der Waals surface area contributed by atoms with Crippen LogP contribution in [0.15, 0.2) is 41.4 Å². The standard InChI is InChI=1S/C23H23N3O4S/c1-14-11-15(2)21-18(12-14)31-23(25(21)9-10-30-3)24-22(29)16-5-4-6-17(13-16)26-19(27)7-8-20(26)28/h4-6,11-13H,7-10H2,1-3H3. The lowest BCUT2D eigenvalue weighted by Crippen LogP contribution is -2.28. The normalized spacial score (nSPS) is 14.8. The molecule has 0 radical (unpaired) electrons. The number of carbonyl (C=O) groups excluding carboxylic acids is 3. The van der Waals surface area contributed by atoms with Gasteiger partial charge in [-0.05, 0) is 49.2 Å². The summed E-state index contributed by atoms with van der Waals surface area (Å²) in [5.74, 6) is -0.924. The zero-order valence-electron chi connectivity index (χ0n) is 17.7. The highest BCUT2D eigenvalue weighted by Gasteiger charge is 2.30. The van der Waals surface area contributed by atoms with Gasteiger partial charge in [-0.2, -0.15) is 4.99 Å². The van der Waals surface area contributed by atoms with Crippen LogP contribution in [0.2, 0.25) is 0 Å². The minimum Gasteiger partial charge on any atom is -0.383 e. The van der Waals surface area contributed by atoms with Crippen molar-refractivity contribution in [1.82, 2.24) is 4.57 Å². The number of nitrogens with zero attached hydrogens (tertiary/aromatic N) is 3. The molecule has 2 heterocycles. The third-order valence-electron chi connectivity index (χ3n) is 5.23. The first-order valence-electron chi connectivity index (χ1n) is 10.0. The summed E-state index contributed by atoms with van der Waals surface area (Å²) in [5.41, 5.74) is 4.04. The number of fused-ring (bicyclic) bond motifs is 1. The molecule has 0 unspecified atom stereocenters. The van der Waals surface area contributed by atoms with Gasteiger partial charge in [0.1, 0.15) is 0 Å². The second-order valence-corrected chi connectivity index (χ2v) is 8.56. The monoisotopic (exact) mass is 437 g/mol. The molecule has 1 aromatic heterocycles. The van der Waals surface area contributed by atoms with Crippen LogP contribution >= 0.6 is 11.3 Å². The van der Waals surface area contributed by atoms with Crippen LogP contribution in [0.5, 0.6) is 0 Å². The van der Waals surface area contributed by atoms with Crippen molar-refractivity contribution in [2.75, 3.05) is 18.6 Å². The first-order chi connectivity index (χ1) is 14.9. The molecule has 0 N–H and O–H groups in total. The van der Waals surface area contributed by atoms with Crippen LogP contribution in [0.1, 0.15) is 34.3 Å². The van der Waals surface area contributed by atoms with Crippen molar-refractivity contribution in [1.29, 1.82) is 0 Å². The third-order valence-corrected chi connectivity index (χ3v) is 6.26. The van der Waals surface area contributed by atoms with E-state index in [-0.39, 0.29) is 24.7 Å². The maximum Gasteiger partial charge on any atom is 0.279 e. The Labute approximate surface area is 183 Å². The largest absolute Gasteiger partial charge is 0.383 e. The molecule has 1 saturated heterocycles. The van der Waals surface area contributed by atoms with Crippen molar-refractivity contribution < 1.29 is 19.1 Å². The van der Waals surface area contributed by atoms with Crippen molar-refractivity contribution in [2.45, 2.75) is 33.2 Å². The van der Waals surface area contributed by atoms with Gasteiger partial charge in [0.25, 0.3) is 5.91 Å². The quantitative estimate of drug-likeness (QED) is 0.573. The summed E-state index contributed by atoms with van der Waals surface area (Å²) < 4.78 is 8.32. The summed E-state index contributed by atoms with van der Waals surface area (Å²) in [6.07, 6.45) is 0.392. The predicted molar refractivity (Wildman–Crippen MR) is 119 cm³/mol. The SMILES string of the molecule is COCCn1c(=NC(=O)c2cccc(N3C(=O)CCC3=O)c2)sc2cc(C)cc(C)c21. The minimum atomic E-state index is -0.423. The van der Waals surface area contributed by atoms with Crippen molar-refractivity contribution in [2.24, 2.45) is 4.99 Å². The summed E-state index contributed by atoms with van der Waals surface area (Å²) in [6.45, 7) is 5.16. The molecule has 0 atom stereocenters. The van der Waals surface area contributed by atoms with Crippen molar-refractivity contribution >= 4 is 45.0 Å². The van der Waals surface area contributed by atoms with Gasteiger partial charge in [-0.1, -0.05) is 23.5 Å². The van der Waals surface area contributed by atoms with E-state index in [9.17, 15) is 14.4 Å². The first-order valence-corrected chi connectivity index (χ1v) is 10.8. The second-order valence-electron chi connectivity index (χ2n) is 7.55. The van der Waals surface area contributed by atoms with Gasteiger partial charge in [0.2, 0.25) is 11.8 Å². The van der Waals surface area contributed by atoms with Gasteiger partial charge in [-0.3, -0.25) is 19.3 Å². The fourth-order valence-corrected chi connectivity index (χ4v) is 5.09. The van der Waals surface area contributed by atoms with Crippen LogP contribution in [0.3, 0.4) is 0 Å². The van der Waals surface area contributed by atoms with E-state index < -0.39 is 5.91 Å². The predicted octanol–water partition coefficient (Wildman–Crippen LogP) is 3.36. The number of benzene rings is 2. The Bertz CT molecular complexity index is 1260. The summed E-state index contributed by atoms with van der Waals surface area (Å²) in [7, 11) is 1.64. The third kappa shape index (κ3) is 4.08. The average Bonchev–Trinajstić information content (AvgIpc) is 3.25. The van der Waals surface area contributed by atoms with Gasteiger partial charge in [0.15, 0.2) is 4.80 Å². The van der Waals surface area contributed by atoms with Crippen LogP contribution in [0, 0.1) is 13.8 Å². The highest BCUT2D eigenvalue weighted by molar-refractivity contribution is 7.16. The smallest absolute Gasteiger partial charge is 0.279 e. The fourth-order valence-electron chi connectivity index (χ4n) is 3.86. The first kappa shape index (κ1) is 21.1. The Morgan fingerprint density at radius 2 is 1.87 bits per heavy atom. The zero-order valence-corrected chi connectivity index (χ0v) is 18.5. The Morgan fingerprint density at radius 3 is 2.58 bits per heavy atom. The number of ether oxygens (including phenoxy) is 1. The molecule has 2 aromatic carbocycles. The highest BCUT2D eigenvalue weighted by Crippen LogP contribution is 2.25. The van der Waals surface area contributed by atoms with E-state index in [1.807, 2.05) is 18.4 Å². The average molecular weight is 438 g/mol. The molecule has 1 fully saturated rings. The van der Waals surface area contributed by atoms with Gasteiger partial charge in [-0.25, -0.2) is 0 Å². The summed E-state index contributed by atoms with van der Waals surface area (Å²) in [5, 5.41) is 0. The minimum absolute atomic E-state index is 0.196. The van der Waals surface area contributed by atoms with E-state index in [1.165, 1.54) is 11.3 Å². The van der Waals surface area contributed by atoms with Crippen molar-refractivity contribution in [3.05, 3.63) is 57.9 Å². The lowest BCUT2D eigenvalue weighted by atomic mass is 10.1. The molecule has 8 heteroatoms. The van der Waals surface area contributed by atoms with Gasteiger partial charge in [0, 0.05) is 32.1 Å². The number of anilines is 1. The Kier molecular flexibility index (Phi) is 5.84. The molecule has 0 aliphatic carbocycles. The van der Waals surface area contributed by atoms with Gasteiger partial charge in [0.05, 0.1) is 22.5 Å². The summed E-state index contributed by atoms with van der Waals surface area (Å²) in [6, 6.07) is 10.7. The van der Waals surface area contributed by atoms with Gasteiger partial charge < -0.3 is 9.30 Å². The molecule has 1 aliphatic rings. The van der Waals surface area contributed by atoms with E-state index in [0.29, 0.717) is 29.2 Å². The number of carbonyl (C=O) groups is 3. The molecule has 3 amide bonds. The molecular formula is C23H23N3O4S. The number of thiazole rings is 1. The maximum absolute atomic E-state index is 13.0. The van der Waals surface area contributed by atoms with Crippen molar-refractivity contribution in [3.8, 4) is 0 Å². The van der Waals surface area contributed by atoms with Gasteiger partial charge >= 0.3 is 0 Å². The Balaban J connectivity index is 1.77. The molecule has 3 aromatic rings. The van der Waals surface area contributed by atoms with Crippen LogP contribution in [0.4, 0.5) is 5.69 Å². The van der Waals surface area contributed by atoms with E-state index in [2.05, 4.69) is 17.1 Å². The van der Waals surface area contributed by atoms with E-state index in [4.69, 9.17) is 4.74 Å². The van der Waals surface area contributed by atoms with E-state index >= 15 is 0 Å². The van der Waals surface area contributed by atoms with Crippen molar-refractivity contribution in [3.63, 3.8) is 0 Å². The fraction of sp³-hybridized carbons (Fsp3) is 0.304. The molecule has 160 valence electrons. The lowest BCUT2D eigenvalue weighted by molar-refractivity contribution is -0.121. The van der Waals surface area contributed by atoms with E-state index in [0.717, 1.165) is 26.2 Å². The molecule has 0 spiro atoms. The summed E-state index contributed by atoms with van der Waals surface area (Å²) in [4.78, 5) is 43.2. The number of amides is 3. The molecule has 7 nitrogen and oxygen atoms in total. The number of methoxy groups -OCH3 is 1. The number of aryl methyl sites for hydroxylation is 2. The molecule has 0 bridgehead atoms. The number of hydrogen-bond donors (Lipinski definition) is 0. The number of aromatic nitrogens is 1. The highest BCUT2D eigenvalue weighted by atomic mass is 32.1.